The zero-order chi connectivity index (χ0) is 23.8. The number of benzene rings is 5. The molecule has 0 fully saturated rings. The van der Waals surface area contributed by atoms with Gasteiger partial charge in [-0.15, -0.1) is 0 Å². The minimum absolute atomic E-state index is 0.800. The molecule has 0 aliphatic rings. The maximum absolute atomic E-state index is 7.40. The van der Waals surface area contributed by atoms with Gasteiger partial charge in [-0.25, -0.2) is 0 Å². The van der Waals surface area contributed by atoms with Crippen LogP contribution in [-0.2, 0) is 10.8 Å². The average molecular weight is 469 g/mol. The molecule has 0 aliphatic carbocycles. The van der Waals surface area contributed by atoms with Crippen LogP contribution in [0, 0.1) is 0 Å². The topological polar surface area (TPSA) is 9.23 Å². The van der Waals surface area contributed by atoms with Crippen LogP contribution in [0.15, 0.2) is 158 Å². The van der Waals surface area contributed by atoms with Crippen molar-refractivity contribution in [2.45, 2.75) is 6.42 Å². The van der Waals surface area contributed by atoms with Crippen LogP contribution in [0.25, 0.3) is 5.76 Å². The molecule has 2 heteroatoms. The fraction of sp³-hybridized carbons (Fsp3) is 0.0303. The number of allylic oxidation sites excluding steroid dienone is 1. The predicted molar refractivity (Wildman–Crippen MR) is 150 cm³/mol. The van der Waals surface area contributed by atoms with E-state index in [9.17, 15) is 0 Å². The second kappa shape index (κ2) is 10.9. The molecular weight excluding hydrogens is 440 g/mol. The van der Waals surface area contributed by atoms with Crippen molar-refractivity contribution in [3.05, 3.63) is 169 Å². The zero-order valence-corrected chi connectivity index (χ0v) is 20.6. The molecule has 0 bridgehead atoms. The Morgan fingerprint density at radius 1 is 0.486 bits per heavy atom. The van der Waals surface area contributed by atoms with E-state index in [4.69, 9.17) is 4.43 Å². The predicted octanol–water partition coefficient (Wildman–Crippen LogP) is 5.95. The van der Waals surface area contributed by atoms with E-state index in [1.165, 1.54) is 21.1 Å². The molecule has 5 rings (SSSR count). The van der Waals surface area contributed by atoms with Gasteiger partial charge in [0.15, 0.2) is 0 Å². The first-order valence-corrected chi connectivity index (χ1v) is 13.9. The highest BCUT2D eigenvalue weighted by atomic mass is 28.4. The lowest BCUT2D eigenvalue weighted by molar-refractivity contribution is 0.531. The van der Waals surface area contributed by atoms with Gasteiger partial charge < -0.3 is 4.43 Å². The summed E-state index contributed by atoms with van der Waals surface area (Å²) in [5.74, 6) is 0.915. The van der Waals surface area contributed by atoms with Crippen LogP contribution >= 0.6 is 0 Å². The average Bonchev–Trinajstić information content (AvgIpc) is 2.96. The van der Waals surface area contributed by atoms with Gasteiger partial charge in [0.25, 0.3) is 0 Å². The minimum atomic E-state index is -2.88. The molecule has 0 atom stereocenters. The monoisotopic (exact) mass is 468 g/mol. The maximum Gasteiger partial charge on any atom is 0.346 e. The first-order chi connectivity index (χ1) is 17.4. The minimum Gasteiger partial charge on any atom is -0.530 e. The Bertz CT molecular complexity index is 1250. The zero-order valence-electron chi connectivity index (χ0n) is 19.6. The van der Waals surface area contributed by atoms with Crippen molar-refractivity contribution in [2.24, 2.45) is 0 Å². The number of hydrogen-bond donors (Lipinski definition) is 0. The van der Waals surface area contributed by atoms with E-state index in [1.807, 2.05) is 0 Å². The molecule has 0 N–H and O–H groups in total. The number of rotatable bonds is 8. The van der Waals surface area contributed by atoms with Gasteiger partial charge in [0.1, 0.15) is 5.76 Å². The fourth-order valence-corrected chi connectivity index (χ4v) is 8.38. The lowest BCUT2D eigenvalue weighted by Gasteiger charge is -2.34. The summed E-state index contributed by atoms with van der Waals surface area (Å²) in [6.45, 7) is 0. The molecule has 0 spiro atoms. The molecule has 35 heavy (non-hydrogen) atoms. The van der Waals surface area contributed by atoms with Crippen molar-refractivity contribution in [3.63, 3.8) is 0 Å². The summed E-state index contributed by atoms with van der Waals surface area (Å²) < 4.78 is 7.40. The van der Waals surface area contributed by atoms with Gasteiger partial charge in [0.05, 0.1) is 0 Å². The Kier molecular flexibility index (Phi) is 7.02. The van der Waals surface area contributed by atoms with Crippen molar-refractivity contribution in [3.8, 4) is 0 Å². The normalized spacial score (nSPS) is 11.7. The largest absolute Gasteiger partial charge is 0.530 e. The van der Waals surface area contributed by atoms with Gasteiger partial charge in [-0.1, -0.05) is 152 Å². The van der Waals surface area contributed by atoms with Crippen LogP contribution in [0.3, 0.4) is 0 Å². The van der Waals surface area contributed by atoms with Crippen LogP contribution in [0.4, 0.5) is 0 Å². The summed E-state index contributed by atoms with van der Waals surface area (Å²) in [5.41, 5.74) is 2.35. The standard InChI is InChI=1S/C33H28OSi/c1-6-16-28(17-7-1)26-27-33(29-18-8-2-9-19-29)34-35(30-20-10-3-11-21-30,31-22-12-4-13-23-31)32-24-14-5-15-25-32/h1-25,27H,26H2/b33-27+. The Hall–Kier alpha value is -4.14. The summed E-state index contributed by atoms with van der Waals surface area (Å²) in [7, 11) is -2.88. The first kappa shape index (κ1) is 22.6. The quantitative estimate of drug-likeness (QED) is 0.155. The van der Waals surface area contributed by atoms with Crippen LogP contribution in [0.5, 0.6) is 0 Å². The highest BCUT2D eigenvalue weighted by Gasteiger charge is 2.44. The summed E-state index contributed by atoms with van der Waals surface area (Å²) in [6, 6.07) is 53.2. The highest BCUT2D eigenvalue weighted by Crippen LogP contribution is 2.23. The van der Waals surface area contributed by atoms with Crippen LogP contribution in [-0.4, -0.2) is 8.32 Å². The van der Waals surface area contributed by atoms with E-state index < -0.39 is 8.32 Å². The van der Waals surface area contributed by atoms with E-state index in [-0.39, 0.29) is 0 Å². The van der Waals surface area contributed by atoms with Gasteiger partial charge in [-0.05, 0) is 33.6 Å². The van der Waals surface area contributed by atoms with Crippen molar-refractivity contribution < 1.29 is 4.43 Å². The molecule has 170 valence electrons. The maximum atomic E-state index is 7.40. The molecule has 0 unspecified atom stereocenters. The van der Waals surface area contributed by atoms with E-state index in [0.29, 0.717) is 0 Å². The van der Waals surface area contributed by atoms with Crippen molar-refractivity contribution >= 4 is 29.6 Å². The van der Waals surface area contributed by atoms with Gasteiger partial charge in [0.2, 0.25) is 0 Å². The van der Waals surface area contributed by atoms with E-state index in [0.717, 1.165) is 17.7 Å². The molecule has 1 nitrogen and oxygen atoms in total. The van der Waals surface area contributed by atoms with Gasteiger partial charge in [0, 0.05) is 5.56 Å². The van der Waals surface area contributed by atoms with E-state index in [1.54, 1.807) is 0 Å². The van der Waals surface area contributed by atoms with Gasteiger partial charge in [-0.2, -0.15) is 0 Å². The fourth-order valence-electron chi connectivity index (χ4n) is 4.51. The molecule has 0 heterocycles. The molecule has 0 amide bonds. The summed E-state index contributed by atoms with van der Waals surface area (Å²) in [5, 5.41) is 3.66. The van der Waals surface area contributed by atoms with Crippen LogP contribution < -0.4 is 15.6 Å². The lowest BCUT2D eigenvalue weighted by Crippen LogP contribution is -2.69. The first-order valence-electron chi connectivity index (χ1n) is 12.0. The summed E-state index contributed by atoms with van der Waals surface area (Å²) in [4.78, 5) is 0. The Balaban J connectivity index is 1.72. The summed E-state index contributed by atoms with van der Waals surface area (Å²) in [6.07, 6.45) is 3.04. The van der Waals surface area contributed by atoms with Crippen molar-refractivity contribution in [1.82, 2.24) is 0 Å². The van der Waals surface area contributed by atoms with Crippen LogP contribution in [0.1, 0.15) is 11.1 Å². The molecule has 5 aromatic rings. The summed E-state index contributed by atoms with van der Waals surface area (Å²) >= 11 is 0. The van der Waals surface area contributed by atoms with Gasteiger partial charge >= 0.3 is 8.32 Å². The van der Waals surface area contributed by atoms with Gasteiger partial charge in [-0.3, -0.25) is 0 Å². The second-order valence-electron chi connectivity index (χ2n) is 8.51. The molecular formula is C33H28OSi. The lowest BCUT2D eigenvalue weighted by atomic mass is 10.1. The smallest absolute Gasteiger partial charge is 0.346 e. The van der Waals surface area contributed by atoms with Crippen molar-refractivity contribution in [1.29, 1.82) is 0 Å². The Morgan fingerprint density at radius 3 is 1.29 bits per heavy atom. The Morgan fingerprint density at radius 2 is 0.857 bits per heavy atom. The molecule has 5 aromatic carbocycles. The number of hydrogen-bond acceptors (Lipinski definition) is 1. The second-order valence-corrected chi connectivity index (χ2v) is 11.8. The third kappa shape index (κ3) is 5.03. The van der Waals surface area contributed by atoms with Crippen LogP contribution in [0.2, 0.25) is 0 Å². The molecule has 0 aromatic heterocycles. The Labute approximate surface area is 209 Å². The van der Waals surface area contributed by atoms with E-state index >= 15 is 0 Å². The molecule has 0 saturated heterocycles. The van der Waals surface area contributed by atoms with Crippen molar-refractivity contribution in [2.75, 3.05) is 0 Å². The highest BCUT2D eigenvalue weighted by molar-refractivity contribution is 7.07. The molecule has 0 aliphatic heterocycles. The molecule has 0 radical (unpaired) electrons. The third-order valence-corrected chi connectivity index (χ3v) is 10.2. The van der Waals surface area contributed by atoms with E-state index in [2.05, 4.69) is 158 Å². The molecule has 0 saturated carbocycles. The SMILES string of the molecule is C(/Cc1ccccc1)=C(\O[Si](c1ccccc1)(c1ccccc1)c1ccccc1)c1ccccc1. The third-order valence-electron chi connectivity index (χ3n) is 6.23.